The van der Waals surface area contributed by atoms with E-state index in [0.29, 0.717) is 0 Å². The van der Waals surface area contributed by atoms with E-state index in [2.05, 4.69) is 42.3 Å². The second kappa shape index (κ2) is 8.42. The van der Waals surface area contributed by atoms with Gasteiger partial charge in [-0.3, -0.25) is 4.98 Å². The van der Waals surface area contributed by atoms with Crippen LogP contribution in [0, 0.1) is 0 Å². The minimum absolute atomic E-state index is 0.174. The normalized spacial score (nSPS) is 12.1. The highest BCUT2D eigenvalue weighted by atomic mass is 16.5. The second-order valence-corrected chi connectivity index (χ2v) is 5.05. The van der Waals surface area contributed by atoms with Crippen molar-refractivity contribution in [1.29, 1.82) is 0 Å². The van der Waals surface area contributed by atoms with Gasteiger partial charge in [0.2, 0.25) is 0 Å². The molecule has 0 amide bonds. The predicted molar refractivity (Wildman–Crippen MR) is 86.6 cm³/mol. The second-order valence-electron chi connectivity index (χ2n) is 5.05. The van der Waals surface area contributed by atoms with Gasteiger partial charge in [-0.2, -0.15) is 0 Å². The van der Waals surface area contributed by atoms with Gasteiger partial charge in [0.25, 0.3) is 0 Å². The SMILES string of the molecule is CCCCOc1ccc(C(NCC)c2cccnc2)cc1. The molecule has 0 aliphatic heterocycles. The fourth-order valence-corrected chi connectivity index (χ4v) is 2.27. The lowest BCUT2D eigenvalue weighted by Crippen LogP contribution is -2.22. The topological polar surface area (TPSA) is 34.1 Å². The van der Waals surface area contributed by atoms with Crippen molar-refractivity contribution in [1.82, 2.24) is 10.3 Å². The molecule has 1 aromatic heterocycles. The summed E-state index contributed by atoms with van der Waals surface area (Å²) in [4.78, 5) is 4.22. The lowest BCUT2D eigenvalue weighted by Gasteiger charge is -2.19. The standard InChI is InChI=1S/C18H24N2O/c1-3-5-13-21-17-10-8-15(9-11-17)18(20-4-2)16-7-6-12-19-14-16/h6-12,14,18,20H,3-5,13H2,1-2H3. The molecule has 0 aliphatic rings. The van der Waals surface area contributed by atoms with Gasteiger partial charge in [-0.15, -0.1) is 0 Å². The highest BCUT2D eigenvalue weighted by molar-refractivity contribution is 5.34. The third kappa shape index (κ3) is 4.57. The largest absolute Gasteiger partial charge is 0.494 e. The zero-order chi connectivity index (χ0) is 14.9. The minimum Gasteiger partial charge on any atom is -0.494 e. The van der Waals surface area contributed by atoms with Crippen LogP contribution in [0.4, 0.5) is 0 Å². The number of aromatic nitrogens is 1. The molecule has 2 aromatic rings. The van der Waals surface area contributed by atoms with E-state index in [9.17, 15) is 0 Å². The minimum atomic E-state index is 0.174. The Hall–Kier alpha value is -1.87. The number of nitrogens with zero attached hydrogens (tertiary/aromatic N) is 1. The van der Waals surface area contributed by atoms with Gasteiger partial charge in [-0.25, -0.2) is 0 Å². The molecule has 21 heavy (non-hydrogen) atoms. The highest BCUT2D eigenvalue weighted by Gasteiger charge is 2.12. The number of pyridine rings is 1. The van der Waals surface area contributed by atoms with Crippen LogP contribution in [0.3, 0.4) is 0 Å². The van der Waals surface area contributed by atoms with Crippen LogP contribution < -0.4 is 10.1 Å². The van der Waals surface area contributed by atoms with E-state index in [1.807, 2.05) is 24.4 Å². The first-order valence-corrected chi connectivity index (χ1v) is 7.71. The van der Waals surface area contributed by atoms with Crippen LogP contribution >= 0.6 is 0 Å². The summed E-state index contributed by atoms with van der Waals surface area (Å²) in [5, 5.41) is 3.51. The Labute approximate surface area is 127 Å². The van der Waals surface area contributed by atoms with Crippen LogP contribution in [-0.2, 0) is 0 Å². The summed E-state index contributed by atoms with van der Waals surface area (Å²) in [7, 11) is 0. The van der Waals surface area contributed by atoms with Crippen molar-refractivity contribution >= 4 is 0 Å². The first kappa shape index (κ1) is 15.5. The van der Waals surface area contributed by atoms with Gasteiger partial charge in [0.05, 0.1) is 12.6 Å². The van der Waals surface area contributed by atoms with E-state index < -0.39 is 0 Å². The quantitative estimate of drug-likeness (QED) is 0.745. The molecular weight excluding hydrogens is 260 g/mol. The van der Waals surface area contributed by atoms with Crippen molar-refractivity contribution < 1.29 is 4.74 Å². The fourth-order valence-electron chi connectivity index (χ4n) is 2.27. The predicted octanol–water partition coefficient (Wildman–Crippen LogP) is 3.96. The van der Waals surface area contributed by atoms with Gasteiger partial charge in [0, 0.05) is 12.4 Å². The van der Waals surface area contributed by atoms with E-state index >= 15 is 0 Å². The third-order valence-electron chi connectivity index (χ3n) is 3.41. The molecule has 3 heteroatoms. The Balaban J connectivity index is 2.10. The molecule has 1 N–H and O–H groups in total. The van der Waals surface area contributed by atoms with Gasteiger partial charge in [-0.1, -0.05) is 38.5 Å². The van der Waals surface area contributed by atoms with Crippen LogP contribution in [0.1, 0.15) is 43.9 Å². The van der Waals surface area contributed by atoms with Crippen LogP contribution in [0.15, 0.2) is 48.8 Å². The Bertz CT molecular complexity index is 511. The highest BCUT2D eigenvalue weighted by Crippen LogP contribution is 2.23. The first-order chi connectivity index (χ1) is 10.3. The molecule has 0 saturated carbocycles. The Kier molecular flexibility index (Phi) is 6.22. The smallest absolute Gasteiger partial charge is 0.119 e. The fraction of sp³-hybridized carbons (Fsp3) is 0.389. The number of unbranched alkanes of at least 4 members (excludes halogenated alkanes) is 1. The van der Waals surface area contributed by atoms with Crippen molar-refractivity contribution in [3.8, 4) is 5.75 Å². The zero-order valence-electron chi connectivity index (χ0n) is 12.9. The number of hydrogen-bond acceptors (Lipinski definition) is 3. The molecule has 0 spiro atoms. The zero-order valence-corrected chi connectivity index (χ0v) is 12.9. The van der Waals surface area contributed by atoms with Crippen LogP contribution in [-0.4, -0.2) is 18.1 Å². The number of ether oxygens (including phenoxy) is 1. The average Bonchev–Trinajstić information content (AvgIpc) is 2.54. The maximum atomic E-state index is 5.71. The molecule has 1 aromatic carbocycles. The molecule has 0 saturated heterocycles. The Morgan fingerprint density at radius 2 is 1.90 bits per heavy atom. The Morgan fingerprint density at radius 3 is 2.52 bits per heavy atom. The maximum Gasteiger partial charge on any atom is 0.119 e. The van der Waals surface area contributed by atoms with E-state index in [4.69, 9.17) is 4.74 Å². The van der Waals surface area contributed by atoms with Gasteiger partial charge < -0.3 is 10.1 Å². The lowest BCUT2D eigenvalue weighted by atomic mass is 10.00. The van der Waals surface area contributed by atoms with E-state index in [0.717, 1.165) is 31.7 Å². The number of nitrogens with one attached hydrogen (secondary N) is 1. The molecule has 0 bridgehead atoms. The molecule has 112 valence electrons. The van der Waals surface area contributed by atoms with Crippen molar-refractivity contribution in [2.45, 2.75) is 32.7 Å². The average molecular weight is 284 g/mol. The van der Waals surface area contributed by atoms with Crippen molar-refractivity contribution in [2.75, 3.05) is 13.2 Å². The molecule has 3 nitrogen and oxygen atoms in total. The summed E-state index contributed by atoms with van der Waals surface area (Å²) < 4.78 is 5.71. The summed E-state index contributed by atoms with van der Waals surface area (Å²) in [6.45, 7) is 5.98. The van der Waals surface area contributed by atoms with E-state index in [1.165, 1.54) is 11.1 Å². The molecule has 2 rings (SSSR count). The summed E-state index contributed by atoms with van der Waals surface area (Å²) in [6, 6.07) is 12.6. The van der Waals surface area contributed by atoms with Crippen LogP contribution in [0.25, 0.3) is 0 Å². The first-order valence-electron chi connectivity index (χ1n) is 7.71. The van der Waals surface area contributed by atoms with Crippen molar-refractivity contribution in [3.63, 3.8) is 0 Å². The third-order valence-corrected chi connectivity index (χ3v) is 3.41. The van der Waals surface area contributed by atoms with Gasteiger partial charge in [0.15, 0.2) is 0 Å². The molecule has 0 aliphatic carbocycles. The summed E-state index contributed by atoms with van der Waals surface area (Å²) in [5.74, 6) is 0.939. The van der Waals surface area contributed by atoms with Crippen molar-refractivity contribution in [2.24, 2.45) is 0 Å². The summed E-state index contributed by atoms with van der Waals surface area (Å²) in [6.07, 6.45) is 5.97. The molecule has 1 atom stereocenters. The molecule has 1 heterocycles. The number of hydrogen-bond donors (Lipinski definition) is 1. The monoisotopic (exact) mass is 284 g/mol. The molecule has 1 unspecified atom stereocenters. The molecular formula is C18H24N2O. The number of rotatable bonds is 8. The summed E-state index contributed by atoms with van der Waals surface area (Å²) >= 11 is 0. The van der Waals surface area contributed by atoms with Crippen molar-refractivity contribution in [3.05, 3.63) is 59.9 Å². The van der Waals surface area contributed by atoms with Crippen LogP contribution in [0.2, 0.25) is 0 Å². The van der Waals surface area contributed by atoms with Gasteiger partial charge >= 0.3 is 0 Å². The van der Waals surface area contributed by atoms with Gasteiger partial charge in [0.1, 0.15) is 5.75 Å². The summed E-state index contributed by atoms with van der Waals surface area (Å²) in [5.41, 5.74) is 2.41. The molecule has 0 radical (unpaired) electrons. The Morgan fingerprint density at radius 1 is 1.10 bits per heavy atom. The maximum absolute atomic E-state index is 5.71. The lowest BCUT2D eigenvalue weighted by molar-refractivity contribution is 0.309. The van der Waals surface area contributed by atoms with Crippen LogP contribution in [0.5, 0.6) is 5.75 Å². The van der Waals surface area contributed by atoms with E-state index in [1.54, 1.807) is 6.20 Å². The van der Waals surface area contributed by atoms with Gasteiger partial charge in [-0.05, 0) is 42.3 Å². The number of benzene rings is 1. The van der Waals surface area contributed by atoms with E-state index in [-0.39, 0.29) is 6.04 Å². The molecule has 0 fully saturated rings.